The Hall–Kier alpha value is -0.410. The molecule has 0 aromatic heterocycles. The smallest absolute Gasteiger partial charge is 0.159 e. The van der Waals surface area contributed by atoms with Crippen LogP contribution in [0.15, 0.2) is 23.8 Å². The summed E-state index contributed by atoms with van der Waals surface area (Å²) in [6.07, 6.45) is 11.7. The highest BCUT2D eigenvalue weighted by atomic mass is 32.2. The van der Waals surface area contributed by atoms with Crippen LogP contribution in [0.1, 0.15) is 52.9 Å². The molecule has 3 heteroatoms. The number of rotatable bonds is 10. The van der Waals surface area contributed by atoms with Crippen LogP contribution in [0.3, 0.4) is 0 Å². The largest absolute Gasteiger partial charge is 0.290 e. The van der Waals surface area contributed by atoms with Crippen molar-refractivity contribution in [2.75, 3.05) is 12.4 Å². The Balaban J connectivity index is 3.56. The summed E-state index contributed by atoms with van der Waals surface area (Å²) in [5.74, 6) is 0.489. The molecule has 1 atom stereocenters. The molecule has 0 fully saturated rings. The lowest BCUT2D eigenvalue weighted by Gasteiger charge is -2.01. The van der Waals surface area contributed by atoms with Gasteiger partial charge in [0.1, 0.15) is 0 Å². The average molecular weight is 258 g/mol. The van der Waals surface area contributed by atoms with Gasteiger partial charge in [-0.25, -0.2) is 4.21 Å². The van der Waals surface area contributed by atoms with Crippen LogP contribution < -0.4 is 0 Å². The van der Waals surface area contributed by atoms with E-state index in [0.29, 0.717) is 12.4 Å². The Labute approximate surface area is 109 Å². The Morgan fingerprint density at radius 3 is 2.65 bits per heavy atom. The van der Waals surface area contributed by atoms with Crippen LogP contribution in [0.5, 0.6) is 0 Å². The first kappa shape index (κ1) is 16.6. The maximum atomic E-state index is 11.4. The van der Waals surface area contributed by atoms with Crippen molar-refractivity contribution >= 4 is 11.1 Å². The minimum absolute atomic E-state index is 0.489. The molecule has 2 nitrogen and oxygen atoms in total. The van der Waals surface area contributed by atoms with Crippen LogP contribution in [0.2, 0.25) is 0 Å². The highest BCUT2D eigenvalue weighted by Gasteiger charge is 1.96. The molecule has 1 unspecified atom stereocenters. The van der Waals surface area contributed by atoms with E-state index in [1.54, 1.807) is 0 Å². The summed E-state index contributed by atoms with van der Waals surface area (Å²) in [7, 11) is 0. The molecule has 0 bridgehead atoms. The normalized spacial score (nSPS) is 14.4. The van der Waals surface area contributed by atoms with Crippen molar-refractivity contribution in [2.45, 2.75) is 52.9 Å². The third-order valence-electron chi connectivity index (χ3n) is 2.35. The molecule has 0 aliphatic carbocycles. The van der Waals surface area contributed by atoms with Crippen LogP contribution in [-0.4, -0.2) is 16.6 Å². The zero-order chi connectivity index (χ0) is 12.9. The number of unbranched alkanes of at least 4 members (excludes halogenated alkanes) is 3. The Bertz CT molecular complexity index is 257. The molecule has 0 rings (SSSR count). The topological polar surface area (TPSA) is 26.3 Å². The van der Waals surface area contributed by atoms with Gasteiger partial charge in [-0.2, -0.15) is 0 Å². The molecule has 100 valence electrons. The average Bonchev–Trinajstić information content (AvgIpc) is 2.29. The first-order valence-electron chi connectivity index (χ1n) is 6.55. The number of hydrogen-bond donors (Lipinski definition) is 0. The summed E-state index contributed by atoms with van der Waals surface area (Å²) in [5, 5.41) is 0. The van der Waals surface area contributed by atoms with Gasteiger partial charge in [0.25, 0.3) is 0 Å². The van der Waals surface area contributed by atoms with E-state index in [9.17, 15) is 4.21 Å². The SMILES string of the molecule is CC/C=C(C)\C=C/CS(=O)OCCCCCC. The molecule has 0 spiro atoms. The van der Waals surface area contributed by atoms with Crippen molar-refractivity contribution in [3.05, 3.63) is 23.8 Å². The van der Waals surface area contributed by atoms with E-state index in [0.717, 1.165) is 12.8 Å². The summed E-state index contributed by atoms with van der Waals surface area (Å²) in [6, 6.07) is 0. The van der Waals surface area contributed by atoms with Gasteiger partial charge in [-0.15, -0.1) is 0 Å². The van der Waals surface area contributed by atoms with E-state index in [1.165, 1.54) is 24.8 Å². The Morgan fingerprint density at radius 2 is 2.00 bits per heavy atom. The fraction of sp³-hybridized carbons (Fsp3) is 0.714. The van der Waals surface area contributed by atoms with Crippen molar-refractivity contribution in [1.29, 1.82) is 0 Å². The summed E-state index contributed by atoms with van der Waals surface area (Å²) in [5.41, 5.74) is 1.22. The predicted molar refractivity (Wildman–Crippen MR) is 76.3 cm³/mol. The second kappa shape index (κ2) is 12.1. The van der Waals surface area contributed by atoms with Crippen LogP contribution in [0.25, 0.3) is 0 Å². The summed E-state index contributed by atoms with van der Waals surface area (Å²) in [4.78, 5) is 0. The zero-order valence-electron chi connectivity index (χ0n) is 11.4. The van der Waals surface area contributed by atoms with Crippen LogP contribution >= 0.6 is 0 Å². The number of allylic oxidation sites excluding steroid dienone is 3. The quantitative estimate of drug-likeness (QED) is 0.434. The first-order valence-corrected chi connectivity index (χ1v) is 7.80. The monoisotopic (exact) mass is 258 g/mol. The molecular weight excluding hydrogens is 232 g/mol. The van der Waals surface area contributed by atoms with Crippen LogP contribution in [0, 0.1) is 0 Å². The van der Waals surface area contributed by atoms with Crippen molar-refractivity contribution in [2.24, 2.45) is 0 Å². The van der Waals surface area contributed by atoms with Gasteiger partial charge >= 0.3 is 0 Å². The van der Waals surface area contributed by atoms with Crippen LogP contribution in [-0.2, 0) is 15.3 Å². The minimum Gasteiger partial charge on any atom is -0.290 e. The molecule has 0 amide bonds. The fourth-order valence-electron chi connectivity index (χ4n) is 1.43. The third kappa shape index (κ3) is 11.8. The summed E-state index contributed by atoms with van der Waals surface area (Å²) >= 11 is -1.16. The Kier molecular flexibility index (Phi) is 11.8. The summed E-state index contributed by atoms with van der Waals surface area (Å²) in [6.45, 7) is 6.95. The molecular formula is C14H26O2S. The molecule has 17 heavy (non-hydrogen) atoms. The minimum atomic E-state index is -1.16. The van der Waals surface area contributed by atoms with E-state index < -0.39 is 11.1 Å². The van der Waals surface area contributed by atoms with Gasteiger partial charge in [0.2, 0.25) is 0 Å². The van der Waals surface area contributed by atoms with Crippen molar-refractivity contribution < 1.29 is 8.39 Å². The van der Waals surface area contributed by atoms with E-state index in [4.69, 9.17) is 4.18 Å². The zero-order valence-corrected chi connectivity index (χ0v) is 12.2. The fourth-order valence-corrected chi connectivity index (χ4v) is 2.08. The summed E-state index contributed by atoms with van der Waals surface area (Å²) < 4.78 is 16.7. The standard InChI is InChI=1S/C14H26O2S/c1-4-6-7-8-12-16-17(15)13-9-11-14(3)10-5-2/h9-11H,4-8,12-13H2,1-3H3/b11-9-,14-10-. The molecule has 0 aliphatic rings. The maximum absolute atomic E-state index is 11.4. The van der Waals surface area contributed by atoms with E-state index >= 15 is 0 Å². The van der Waals surface area contributed by atoms with Crippen molar-refractivity contribution in [3.8, 4) is 0 Å². The lowest BCUT2D eigenvalue weighted by Crippen LogP contribution is -2.02. The lowest BCUT2D eigenvalue weighted by atomic mass is 10.2. The molecule has 0 aliphatic heterocycles. The third-order valence-corrected chi connectivity index (χ3v) is 3.25. The first-order chi connectivity index (χ1) is 8.20. The molecule has 0 aromatic carbocycles. The highest BCUT2D eigenvalue weighted by molar-refractivity contribution is 7.80. The second-order valence-corrected chi connectivity index (χ2v) is 5.29. The van der Waals surface area contributed by atoms with Crippen molar-refractivity contribution in [1.82, 2.24) is 0 Å². The molecule has 0 saturated carbocycles. The molecule has 0 heterocycles. The molecule has 0 aromatic rings. The lowest BCUT2D eigenvalue weighted by molar-refractivity contribution is 0.334. The molecule has 0 radical (unpaired) electrons. The number of hydrogen-bond acceptors (Lipinski definition) is 2. The second-order valence-electron chi connectivity index (χ2n) is 4.11. The predicted octanol–water partition coefficient (Wildman–Crippen LogP) is 4.16. The van der Waals surface area contributed by atoms with E-state index in [1.807, 2.05) is 12.2 Å². The van der Waals surface area contributed by atoms with Gasteiger partial charge < -0.3 is 0 Å². The van der Waals surface area contributed by atoms with Crippen LogP contribution in [0.4, 0.5) is 0 Å². The Morgan fingerprint density at radius 1 is 1.24 bits per heavy atom. The van der Waals surface area contributed by atoms with E-state index in [2.05, 4.69) is 26.8 Å². The van der Waals surface area contributed by atoms with Gasteiger partial charge in [0.05, 0.1) is 12.4 Å². The van der Waals surface area contributed by atoms with Gasteiger partial charge in [-0.1, -0.05) is 56.9 Å². The maximum Gasteiger partial charge on any atom is 0.159 e. The molecule has 0 N–H and O–H groups in total. The highest BCUT2D eigenvalue weighted by Crippen LogP contribution is 2.01. The van der Waals surface area contributed by atoms with Crippen molar-refractivity contribution in [3.63, 3.8) is 0 Å². The van der Waals surface area contributed by atoms with Gasteiger partial charge in [0, 0.05) is 0 Å². The van der Waals surface area contributed by atoms with E-state index in [-0.39, 0.29) is 0 Å². The van der Waals surface area contributed by atoms with Gasteiger partial charge in [-0.05, 0) is 19.8 Å². The van der Waals surface area contributed by atoms with Gasteiger partial charge in [0.15, 0.2) is 11.1 Å². The molecule has 0 saturated heterocycles. The van der Waals surface area contributed by atoms with Gasteiger partial charge in [-0.3, -0.25) is 4.18 Å².